The number of hydrogen-bond donors (Lipinski definition) is 2. The number of ether oxygens (including phenoxy) is 1. The van der Waals surface area contributed by atoms with Gasteiger partial charge >= 0.3 is 6.09 Å². The highest BCUT2D eigenvalue weighted by Crippen LogP contribution is 2.29. The van der Waals surface area contributed by atoms with E-state index in [1.807, 2.05) is 19.9 Å². The van der Waals surface area contributed by atoms with Crippen molar-refractivity contribution < 1.29 is 14.6 Å². The molecule has 0 bridgehead atoms. The third kappa shape index (κ3) is 3.63. The van der Waals surface area contributed by atoms with Gasteiger partial charge in [0.05, 0.1) is 5.69 Å². The molecule has 0 unspecified atom stereocenters. The molecule has 0 fully saturated rings. The Bertz CT molecular complexity index is 701. The lowest BCUT2D eigenvalue weighted by molar-refractivity contribution is 0.203. The number of phenolic OH excluding ortho intramolecular Hbond substituents is 1. The minimum Gasteiger partial charge on any atom is -0.507 e. The molecule has 5 heteroatoms. The van der Waals surface area contributed by atoms with Crippen LogP contribution >= 0.6 is 0 Å². The molecule has 0 radical (unpaired) electrons. The van der Waals surface area contributed by atoms with E-state index in [9.17, 15) is 9.90 Å². The molecule has 2 rings (SSSR count). The predicted molar refractivity (Wildman–Crippen MR) is 86.4 cm³/mol. The molecule has 2 aromatic rings. The number of nitrogens with one attached hydrogen (secondary N) is 1. The zero-order chi connectivity index (χ0) is 16.1. The summed E-state index contributed by atoms with van der Waals surface area (Å²) in [7, 11) is 1.51. The molecule has 114 valence electrons. The number of aromatic hydroxyl groups is 1. The van der Waals surface area contributed by atoms with E-state index in [0.717, 1.165) is 16.8 Å². The van der Waals surface area contributed by atoms with E-state index in [1.54, 1.807) is 36.5 Å². The van der Waals surface area contributed by atoms with Crippen LogP contribution in [-0.4, -0.2) is 24.5 Å². The van der Waals surface area contributed by atoms with Gasteiger partial charge in [-0.05, 0) is 49.2 Å². The number of aryl methyl sites for hydroxylation is 2. The maximum Gasteiger partial charge on any atom is 0.412 e. The third-order valence-electron chi connectivity index (χ3n) is 3.15. The molecule has 0 aliphatic heterocycles. The summed E-state index contributed by atoms with van der Waals surface area (Å²) in [5, 5.41) is 12.1. The first kappa shape index (κ1) is 15.6. The van der Waals surface area contributed by atoms with Crippen molar-refractivity contribution in [1.82, 2.24) is 5.32 Å². The van der Waals surface area contributed by atoms with Crippen LogP contribution in [0.5, 0.6) is 11.5 Å². The standard InChI is InChI=1S/C17H18N2O3/c1-11-8-14(22-17(21)18-3)9-12(2)16(11)19-10-13-6-4-5-7-15(13)20/h4-10,20H,1-3H3,(H,18,21). The summed E-state index contributed by atoms with van der Waals surface area (Å²) < 4.78 is 5.12. The van der Waals surface area contributed by atoms with Gasteiger partial charge in [-0.2, -0.15) is 0 Å². The van der Waals surface area contributed by atoms with Gasteiger partial charge in [-0.3, -0.25) is 4.99 Å². The molecule has 22 heavy (non-hydrogen) atoms. The van der Waals surface area contributed by atoms with Crippen LogP contribution in [0.1, 0.15) is 16.7 Å². The van der Waals surface area contributed by atoms with Crippen molar-refractivity contribution in [2.45, 2.75) is 13.8 Å². The summed E-state index contributed by atoms with van der Waals surface area (Å²) in [5.41, 5.74) is 3.19. The Balaban J connectivity index is 2.29. The van der Waals surface area contributed by atoms with Crippen LogP contribution in [0.3, 0.4) is 0 Å². The molecular formula is C17H18N2O3. The Labute approximate surface area is 129 Å². The average Bonchev–Trinajstić information content (AvgIpc) is 2.48. The van der Waals surface area contributed by atoms with Crippen molar-refractivity contribution in [1.29, 1.82) is 0 Å². The van der Waals surface area contributed by atoms with Crippen LogP contribution in [0.15, 0.2) is 41.4 Å². The summed E-state index contributed by atoms with van der Waals surface area (Å²) >= 11 is 0. The second-order valence-corrected chi connectivity index (χ2v) is 4.86. The Kier molecular flexibility index (Phi) is 4.78. The van der Waals surface area contributed by atoms with E-state index in [-0.39, 0.29) is 5.75 Å². The number of carbonyl (C=O) groups excluding carboxylic acids is 1. The van der Waals surface area contributed by atoms with Gasteiger partial charge in [0.15, 0.2) is 0 Å². The average molecular weight is 298 g/mol. The molecule has 0 aromatic heterocycles. The largest absolute Gasteiger partial charge is 0.507 e. The molecule has 0 aliphatic rings. The molecule has 1 amide bonds. The van der Waals surface area contributed by atoms with Gasteiger partial charge in [-0.1, -0.05) is 12.1 Å². The maximum absolute atomic E-state index is 11.2. The van der Waals surface area contributed by atoms with Crippen molar-refractivity contribution in [2.75, 3.05) is 7.05 Å². The van der Waals surface area contributed by atoms with Crippen LogP contribution in [0.25, 0.3) is 0 Å². The number of para-hydroxylation sites is 1. The lowest BCUT2D eigenvalue weighted by Gasteiger charge is -2.09. The van der Waals surface area contributed by atoms with Crippen LogP contribution in [0.2, 0.25) is 0 Å². The summed E-state index contributed by atoms with van der Waals surface area (Å²) in [5.74, 6) is 0.650. The zero-order valence-electron chi connectivity index (χ0n) is 12.8. The highest BCUT2D eigenvalue weighted by atomic mass is 16.5. The number of nitrogens with zero attached hydrogens (tertiary/aromatic N) is 1. The number of amides is 1. The molecule has 0 saturated heterocycles. The minimum absolute atomic E-state index is 0.182. The van der Waals surface area contributed by atoms with Crippen LogP contribution in [-0.2, 0) is 0 Å². The molecule has 0 atom stereocenters. The fraction of sp³-hybridized carbons (Fsp3) is 0.176. The molecule has 2 N–H and O–H groups in total. The molecule has 0 heterocycles. The fourth-order valence-corrected chi connectivity index (χ4v) is 2.07. The van der Waals surface area contributed by atoms with Gasteiger partial charge in [0, 0.05) is 18.8 Å². The second-order valence-electron chi connectivity index (χ2n) is 4.86. The summed E-state index contributed by atoms with van der Waals surface area (Å²) in [6.45, 7) is 3.78. The van der Waals surface area contributed by atoms with Crippen molar-refractivity contribution in [2.24, 2.45) is 4.99 Å². The van der Waals surface area contributed by atoms with Gasteiger partial charge in [-0.25, -0.2) is 4.79 Å². The SMILES string of the molecule is CNC(=O)Oc1cc(C)c(N=Cc2ccccc2O)c(C)c1. The normalized spacial score (nSPS) is 10.7. The summed E-state index contributed by atoms with van der Waals surface area (Å²) in [6, 6.07) is 10.5. The summed E-state index contributed by atoms with van der Waals surface area (Å²) in [6.07, 6.45) is 1.11. The maximum atomic E-state index is 11.2. The van der Waals surface area contributed by atoms with Crippen molar-refractivity contribution in [3.63, 3.8) is 0 Å². The van der Waals surface area contributed by atoms with E-state index >= 15 is 0 Å². The van der Waals surface area contributed by atoms with Gasteiger partial charge in [0.2, 0.25) is 0 Å². The molecule has 0 aliphatic carbocycles. The number of carbonyl (C=O) groups is 1. The van der Waals surface area contributed by atoms with Crippen LogP contribution < -0.4 is 10.1 Å². The predicted octanol–water partition coefficient (Wildman–Crippen LogP) is 3.48. The van der Waals surface area contributed by atoms with Crippen molar-refractivity contribution in [3.05, 3.63) is 53.1 Å². The Hall–Kier alpha value is -2.82. The van der Waals surface area contributed by atoms with E-state index in [2.05, 4.69) is 10.3 Å². The highest BCUT2D eigenvalue weighted by Gasteiger charge is 2.08. The second kappa shape index (κ2) is 6.76. The van der Waals surface area contributed by atoms with Gasteiger partial charge in [0.25, 0.3) is 0 Å². The molecular weight excluding hydrogens is 280 g/mol. The lowest BCUT2D eigenvalue weighted by Crippen LogP contribution is -2.22. The number of benzene rings is 2. The topological polar surface area (TPSA) is 70.9 Å². The third-order valence-corrected chi connectivity index (χ3v) is 3.15. The summed E-state index contributed by atoms with van der Waals surface area (Å²) in [4.78, 5) is 15.7. The Morgan fingerprint density at radius 3 is 2.45 bits per heavy atom. The first-order valence-electron chi connectivity index (χ1n) is 6.84. The number of rotatable bonds is 3. The Morgan fingerprint density at radius 2 is 1.86 bits per heavy atom. The fourth-order valence-electron chi connectivity index (χ4n) is 2.07. The van der Waals surface area contributed by atoms with Gasteiger partial charge in [0.1, 0.15) is 11.5 Å². The van der Waals surface area contributed by atoms with E-state index < -0.39 is 6.09 Å². The smallest absolute Gasteiger partial charge is 0.412 e. The molecule has 2 aromatic carbocycles. The number of aliphatic imine (C=N–C) groups is 1. The quantitative estimate of drug-likeness (QED) is 0.852. The first-order valence-corrected chi connectivity index (χ1v) is 6.84. The molecule has 0 spiro atoms. The number of phenols is 1. The zero-order valence-corrected chi connectivity index (χ0v) is 12.8. The molecule has 5 nitrogen and oxygen atoms in total. The van der Waals surface area contributed by atoms with Crippen molar-refractivity contribution >= 4 is 18.0 Å². The Morgan fingerprint density at radius 1 is 1.23 bits per heavy atom. The van der Waals surface area contributed by atoms with Gasteiger partial charge < -0.3 is 15.2 Å². The van der Waals surface area contributed by atoms with Crippen molar-refractivity contribution in [3.8, 4) is 11.5 Å². The monoisotopic (exact) mass is 298 g/mol. The lowest BCUT2D eigenvalue weighted by atomic mass is 10.1. The molecule has 0 saturated carbocycles. The minimum atomic E-state index is -0.510. The number of hydrogen-bond acceptors (Lipinski definition) is 4. The van der Waals surface area contributed by atoms with E-state index in [1.165, 1.54) is 7.05 Å². The highest BCUT2D eigenvalue weighted by molar-refractivity contribution is 5.86. The van der Waals surface area contributed by atoms with E-state index in [4.69, 9.17) is 4.74 Å². The first-order chi connectivity index (χ1) is 10.5. The van der Waals surface area contributed by atoms with Crippen LogP contribution in [0, 0.1) is 13.8 Å². The van der Waals surface area contributed by atoms with E-state index in [0.29, 0.717) is 11.3 Å². The van der Waals surface area contributed by atoms with Crippen LogP contribution in [0.4, 0.5) is 10.5 Å². The van der Waals surface area contributed by atoms with Gasteiger partial charge in [-0.15, -0.1) is 0 Å².